The largest absolute Gasteiger partial charge is 0.493 e. The predicted molar refractivity (Wildman–Crippen MR) is 82.3 cm³/mol. The molecular formula is C17H18ClNO. The minimum atomic E-state index is -0.439. The highest BCUT2D eigenvalue weighted by molar-refractivity contribution is 6.30. The first-order valence-electron chi connectivity index (χ1n) is 6.85. The molecule has 1 aliphatic rings. The van der Waals surface area contributed by atoms with E-state index in [0.29, 0.717) is 6.42 Å². The summed E-state index contributed by atoms with van der Waals surface area (Å²) in [6.07, 6.45) is 1.63. The summed E-state index contributed by atoms with van der Waals surface area (Å²) in [5.74, 6) is 0.974. The van der Waals surface area contributed by atoms with Gasteiger partial charge >= 0.3 is 0 Å². The van der Waals surface area contributed by atoms with E-state index in [1.54, 1.807) is 0 Å². The summed E-state index contributed by atoms with van der Waals surface area (Å²) in [4.78, 5) is 0. The van der Waals surface area contributed by atoms with E-state index in [0.717, 1.165) is 34.9 Å². The van der Waals surface area contributed by atoms with Crippen molar-refractivity contribution in [2.45, 2.75) is 25.3 Å². The molecule has 3 heteroatoms. The molecule has 1 heterocycles. The lowest BCUT2D eigenvalue weighted by atomic mass is 9.86. The van der Waals surface area contributed by atoms with Crippen molar-refractivity contribution < 1.29 is 4.74 Å². The summed E-state index contributed by atoms with van der Waals surface area (Å²) in [6.45, 7) is 2.78. The fraction of sp³-hybridized carbons (Fsp3) is 0.294. The smallest absolute Gasteiger partial charge is 0.125 e. The number of halogens is 1. The number of ether oxygens (including phenoxy) is 1. The number of hydrogen-bond acceptors (Lipinski definition) is 2. The second-order valence-electron chi connectivity index (χ2n) is 5.61. The van der Waals surface area contributed by atoms with Crippen LogP contribution in [0.4, 0.5) is 0 Å². The Balaban J connectivity index is 1.96. The van der Waals surface area contributed by atoms with Gasteiger partial charge in [0.2, 0.25) is 0 Å². The van der Waals surface area contributed by atoms with E-state index >= 15 is 0 Å². The van der Waals surface area contributed by atoms with Gasteiger partial charge in [-0.15, -0.1) is 0 Å². The molecule has 1 atom stereocenters. The third-order valence-electron chi connectivity index (χ3n) is 3.82. The lowest BCUT2D eigenvalue weighted by Crippen LogP contribution is -2.35. The molecule has 0 aromatic heterocycles. The quantitative estimate of drug-likeness (QED) is 0.934. The van der Waals surface area contributed by atoms with Crippen molar-refractivity contribution in [2.24, 2.45) is 5.73 Å². The molecule has 0 radical (unpaired) electrons. The van der Waals surface area contributed by atoms with Crippen molar-refractivity contribution in [3.05, 3.63) is 64.2 Å². The average Bonchev–Trinajstić information content (AvgIpc) is 2.87. The van der Waals surface area contributed by atoms with Crippen LogP contribution in [-0.2, 0) is 18.4 Å². The summed E-state index contributed by atoms with van der Waals surface area (Å²) in [5, 5.41) is 0.758. The maximum atomic E-state index is 6.52. The molecule has 1 unspecified atom stereocenters. The van der Waals surface area contributed by atoms with Gasteiger partial charge in [-0.2, -0.15) is 0 Å². The van der Waals surface area contributed by atoms with Gasteiger partial charge in [-0.3, -0.25) is 0 Å². The minimum Gasteiger partial charge on any atom is -0.493 e. The highest BCUT2D eigenvalue weighted by Crippen LogP contribution is 2.36. The second kappa shape index (κ2) is 5.12. The molecule has 104 valence electrons. The van der Waals surface area contributed by atoms with Crippen LogP contribution in [0.5, 0.6) is 5.75 Å². The zero-order chi connectivity index (χ0) is 14.2. The van der Waals surface area contributed by atoms with E-state index in [1.165, 1.54) is 5.56 Å². The molecule has 2 nitrogen and oxygen atoms in total. The van der Waals surface area contributed by atoms with Gasteiger partial charge in [0, 0.05) is 17.0 Å². The Kier molecular flexibility index (Phi) is 3.45. The van der Waals surface area contributed by atoms with E-state index in [9.17, 15) is 0 Å². The SMILES string of the molecule is CC(N)(Cc1cc(Cl)cc2c1OCC2)c1ccccc1. The van der Waals surface area contributed by atoms with Crippen molar-refractivity contribution in [2.75, 3.05) is 6.61 Å². The molecule has 2 aromatic rings. The monoisotopic (exact) mass is 287 g/mol. The molecule has 3 rings (SSSR count). The van der Waals surface area contributed by atoms with Crippen molar-refractivity contribution in [1.29, 1.82) is 0 Å². The Labute approximate surface area is 124 Å². The molecule has 2 N–H and O–H groups in total. The summed E-state index contributed by atoms with van der Waals surface area (Å²) >= 11 is 6.21. The van der Waals surface area contributed by atoms with Crippen LogP contribution in [0, 0.1) is 0 Å². The van der Waals surface area contributed by atoms with Gasteiger partial charge in [-0.1, -0.05) is 41.9 Å². The summed E-state index contributed by atoms with van der Waals surface area (Å²) < 4.78 is 5.75. The fourth-order valence-corrected chi connectivity index (χ4v) is 3.06. The van der Waals surface area contributed by atoms with Crippen LogP contribution in [-0.4, -0.2) is 6.61 Å². The number of rotatable bonds is 3. The molecule has 0 aliphatic carbocycles. The first-order valence-corrected chi connectivity index (χ1v) is 7.22. The Hall–Kier alpha value is -1.51. The first kappa shape index (κ1) is 13.5. The van der Waals surface area contributed by atoms with E-state index in [-0.39, 0.29) is 0 Å². The van der Waals surface area contributed by atoms with Gasteiger partial charge in [-0.25, -0.2) is 0 Å². The van der Waals surface area contributed by atoms with Crippen molar-refractivity contribution in [3.63, 3.8) is 0 Å². The lowest BCUT2D eigenvalue weighted by molar-refractivity contribution is 0.349. The lowest BCUT2D eigenvalue weighted by Gasteiger charge is -2.26. The van der Waals surface area contributed by atoms with Crippen LogP contribution in [0.3, 0.4) is 0 Å². The third kappa shape index (κ3) is 2.54. The third-order valence-corrected chi connectivity index (χ3v) is 4.03. The molecule has 0 bridgehead atoms. The molecule has 0 fully saturated rings. The Bertz CT molecular complexity index is 622. The van der Waals surface area contributed by atoms with Crippen molar-refractivity contribution in [3.8, 4) is 5.75 Å². The highest BCUT2D eigenvalue weighted by atomic mass is 35.5. The van der Waals surface area contributed by atoms with Crippen LogP contribution < -0.4 is 10.5 Å². The van der Waals surface area contributed by atoms with E-state index in [1.807, 2.05) is 37.3 Å². The number of benzene rings is 2. The summed E-state index contributed by atoms with van der Waals surface area (Å²) in [5.41, 5.74) is 9.48. The predicted octanol–water partition coefficient (Wildman–Crippen LogP) is 3.69. The Morgan fingerprint density at radius 1 is 1.25 bits per heavy atom. The van der Waals surface area contributed by atoms with Crippen LogP contribution in [0.1, 0.15) is 23.6 Å². The van der Waals surface area contributed by atoms with E-state index in [4.69, 9.17) is 22.1 Å². The van der Waals surface area contributed by atoms with Crippen LogP contribution >= 0.6 is 11.6 Å². The fourth-order valence-electron chi connectivity index (χ4n) is 2.79. The highest BCUT2D eigenvalue weighted by Gasteiger charge is 2.26. The molecule has 2 aromatic carbocycles. The molecule has 0 saturated heterocycles. The van der Waals surface area contributed by atoms with Crippen LogP contribution in [0.25, 0.3) is 0 Å². The average molecular weight is 288 g/mol. The maximum absolute atomic E-state index is 6.52. The summed E-state index contributed by atoms with van der Waals surface area (Å²) in [6, 6.07) is 14.1. The zero-order valence-electron chi connectivity index (χ0n) is 11.5. The topological polar surface area (TPSA) is 35.2 Å². The number of nitrogens with two attached hydrogens (primary N) is 1. The minimum absolute atomic E-state index is 0.439. The van der Waals surface area contributed by atoms with Crippen LogP contribution in [0.15, 0.2) is 42.5 Å². The number of hydrogen-bond donors (Lipinski definition) is 1. The Morgan fingerprint density at radius 2 is 2.00 bits per heavy atom. The molecule has 0 saturated carbocycles. The number of fused-ring (bicyclic) bond motifs is 1. The van der Waals surface area contributed by atoms with Crippen molar-refractivity contribution >= 4 is 11.6 Å². The molecular weight excluding hydrogens is 270 g/mol. The van der Waals surface area contributed by atoms with Gasteiger partial charge in [0.25, 0.3) is 0 Å². The zero-order valence-corrected chi connectivity index (χ0v) is 12.3. The Morgan fingerprint density at radius 3 is 2.75 bits per heavy atom. The van der Waals surface area contributed by atoms with E-state index in [2.05, 4.69) is 12.1 Å². The molecule has 20 heavy (non-hydrogen) atoms. The maximum Gasteiger partial charge on any atom is 0.125 e. The van der Waals surface area contributed by atoms with E-state index < -0.39 is 5.54 Å². The molecule has 1 aliphatic heterocycles. The van der Waals surface area contributed by atoms with Gasteiger partial charge in [0.1, 0.15) is 5.75 Å². The van der Waals surface area contributed by atoms with Crippen molar-refractivity contribution in [1.82, 2.24) is 0 Å². The van der Waals surface area contributed by atoms with Gasteiger partial charge in [0.15, 0.2) is 0 Å². The molecule has 0 spiro atoms. The van der Waals surface area contributed by atoms with Gasteiger partial charge in [0.05, 0.1) is 6.61 Å². The second-order valence-corrected chi connectivity index (χ2v) is 6.05. The van der Waals surface area contributed by atoms with Gasteiger partial charge in [-0.05, 0) is 42.2 Å². The normalized spacial score (nSPS) is 16.4. The molecule has 0 amide bonds. The first-order chi connectivity index (χ1) is 9.56. The summed E-state index contributed by atoms with van der Waals surface area (Å²) in [7, 11) is 0. The standard InChI is InChI=1S/C17H18ClNO/c1-17(19,14-5-3-2-4-6-14)11-13-10-15(18)9-12-7-8-20-16(12)13/h2-6,9-10H,7-8,11,19H2,1H3. The van der Waals surface area contributed by atoms with Crippen LogP contribution in [0.2, 0.25) is 5.02 Å². The van der Waals surface area contributed by atoms with Gasteiger partial charge < -0.3 is 10.5 Å².